The first-order chi connectivity index (χ1) is 11.7. The fourth-order valence-electron chi connectivity index (χ4n) is 2.09. The summed E-state index contributed by atoms with van der Waals surface area (Å²) in [4.78, 5) is 0. The Morgan fingerprint density at radius 3 is 2.29 bits per heavy atom. The standard InChI is InChI=1S/C17H13FN2O.2ClH.Ti/c18-15-10-14(12-19-20-8-4-5-9-20)17(21)16(11-15)13-6-2-1-3-7-13;;;/h1-12,21H;2*1H;/q;;;+2/p-2/b19-12+;;;. The molecule has 0 aliphatic heterocycles. The van der Waals surface area contributed by atoms with Crippen molar-refractivity contribution in [3.8, 4) is 16.9 Å². The van der Waals surface area contributed by atoms with E-state index in [1.165, 1.54) is 18.3 Å². The van der Waals surface area contributed by atoms with Crippen molar-refractivity contribution in [2.24, 2.45) is 5.10 Å². The van der Waals surface area contributed by atoms with E-state index in [0.29, 0.717) is 11.1 Å². The first kappa shape index (κ1) is 18.7. The Morgan fingerprint density at radius 1 is 1.04 bits per heavy atom. The van der Waals surface area contributed by atoms with E-state index in [1.807, 2.05) is 42.5 Å². The fraction of sp³-hybridized carbons (Fsp3) is 0. The molecule has 122 valence electrons. The number of halogens is 3. The molecule has 0 fully saturated rings. The summed E-state index contributed by atoms with van der Waals surface area (Å²) in [7, 11) is 9.78. The quantitative estimate of drug-likeness (QED) is 0.474. The van der Waals surface area contributed by atoms with Gasteiger partial charge in [0.05, 0.1) is 6.21 Å². The first-order valence-electron chi connectivity index (χ1n) is 6.87. The van der Waals surface area contributed by atoms with Crippen LogP contribution < -0.4 is 0 Å². The van der Waals surface area contributed by atoms with Gasteiger partial charge in [0.15, 0.2) is 0 Å². The first-order valence-corrected chi connectivity index (χ1v) is 11.2. The summed E-state index contributed by atoms with van der Waals surface area (Å²) in [5, 5.41) is 14.5. The molecule has 3 rings (SSSR count). The summed E-state index contributed by atoms with van der Waals surface area (Å²) in [5.74, 6) is -0.404. The van der Waals surface area contributed by atoms with Gasteiger partial charge >= 0.3 is 35.6 Å². The van der Waals surface area contributed by atoms with E-state index in [0.717, 1.165) is 5.56 Å². The van der Waals surface area contributed by atoms with Gasteiger partial charge in [-0.25, -0.2) is 9.07 Å². The van der Waals surface area contributed by atoms with Crippen LogP contribution in [0.15, 0.2) is 72.1 Å². The van der Waals surface area contributed by atoms with Crippen molar-refractivity contribution in [3.63, 3.8) is 0 Å². The molecule has 0 aliphatic carbocycles. The van der Waals surface area contributed by atoms with Crippen LogP contribution in [0.1, 0.15) is 5.56 Å². The van der Waals surface area contributed by atoms with Crippen LogP contribution >= 0.6 is 18.6 Å². The Morgan fingerprint density at radius 2 is 1.67 bits per heavy atom. The fourth-order valence-corrected chi connectivity index (χ4v) is 2.09. The monoisotopic (exact) mass is 398 g/mol. The van der Waals surface area contributed by atoms with E-state index in [4.69, 9.17) is 18.6 Å². The van der Waals surface area contributed by atoms with E-state index in [2.05, 4.69) is 5.10 Å². The molecular weight excluding hydrogens is 386 g/mol. The summed E-state index contributed by atoms with van der Waals surface area (Å²) in [5.41, 5.74) is 1.54. The van der Waals surface area contributed by atoms with Crippen LogP contribution in [-0.2, 0) is 17.0 Å². The van der Waals surface area contributed by atoms with Crippen LogP contribution in [-0.4, -0.2) is 16.0 Å². The number of nitrogens with zero attached hydrogens (tertiary/aromatic N) is 2. The Kier molecular flexibility index (Phi) is 7.54. The van der Waals surface area contributed by atoms with E-state index >= 15 is 0 Å². The predicted octanol–water partition coefficient (Wildman–Crippen LogP) is 5.26. The van der Waals surface area contributed by atoms with Crippen molar-refractivity contribution in [2.45, 2.75) is 0 Å². The third kappa shape index (κ3) is 5.21. The molecule has 0 bridgehead atoms. The van der Waals surface area contributed by atoms with Gasteiger partial charge in [0, 0.05) is 23.5 Å². The second-order valence-electron chi connectivity index (χ2n) is 4.64. The van der Waals surface area contributed by atoms with Gasteiger partial charge in [-0.15, -0.1) is 0 Å². The summed E-state index contributed by atoms with van der Waals surface area (Å²) in [6.45, 7) is 0. The van der Waals surface area contributed by atoms with Crippen LogP contribution in [0.5, 0.6) is 5.75 Å². The zero-order valence-corrected chi connectivity index (χ0v) is 15.5. The topological polar surface area (TPSA) is 37.5 Å². The summed E-state index contributed by atoms with van der Waals surface area (Å²) >= 11 is -0.556. The molecule has 0 saturated heterocycles. The molecule has 1 aromatic heterocycles. The van der Waals surface area contributed by atoms with Gasteiger partial charge in [-0.3, -0.25) is 0 Å². The van der Waals surface area contributed by atoms with Crippen LogP contribution in [0, 0.1) is 5.82 Å². The summed E-state index contributed by atoms with van der Waals surface area (Å²) in [6.07, 6.45) is 4.95. The van der Waals surface area contributed by atoms with Gasteiger partial charge in [0.1, 0.15) is 11.6 Å². The number of hydrogen-bond donors (Lipinski definition) is 1. The van der Waals surface area contributed by atoms with Crippen LogP contribution in [0.4, 0.5) is 4.39 Å². The Balaban J connectivity index is 0.000000647. The normalized spacial score (nSPS) is 10.3. The average molecular weight is 399 g/mol. The number of benzene rings is 2. The number of phenols is 1. The van der Waals surface area contributed by atoms with Gasteiger partial charge in [-0.2, -0.15) is 5.10 Å². The van der Waals surface area contributed by atoms with Crippen LogP contribution in [0.3, 0.4) is 0 Å². The molecule has 2 aromatic carbocycles. The molecule has 0 aliphatic rings. The molecule has 1 heterocycles. The number of aromatic hydroxyl groups is 1. The van der Waals surface area contributed by atoms with Crippen molar-refractivity contribution < 1.29 is 26.5 Å². The van der Waals surface area contributed by atoms with Crippen molar-refractivity contribution in [1.82, 2.24) is 4.68 Å². The molecule has 0 amide bonds. The number of rotatable bonds is 3. The third-order valence-electron chi connectivity index (χ3n) is 3.11. The molecule has 0 unspecified atom stereocenters. The van der Waals surface area contributed by atoms with Gasteiger partial charge < -0.3 is 5.11 Å². The summed E-state index contributed by atoms with van der Waals surface area (Å²) < 4.78 is 15.4. The zero-order chi connectivity index (χ0) is 17.4. The van der Waals surface area contributed by atoms with E-state index < -0.39 is 22.8 Å². The van der Waals surface area contributed by atoms with Gasteiger partial charge in [0.2, 0.25) is 0 Å². The molecule has 24 heavy (non-hydrogen) atoms. The van der Waals surface area contributed by atoms with Crippen molar-refractivity contribution in [1.29, 1.82) is 0 Å². The van der Waals surface area contributed by atoms with Crippen LogP contribution in [0.25, 0.3) is 11.1 Å². The number of phenolic OH excluding ortho intramolecular Hbond substituents is 1. The van der Waals surface area contributed by atoms with Crippen molar-refractivity contribution in [3.05, 3.63) is 78.4 Å². The van der Waals surface area contributed by atoms with Gasteiger partial charge in [-0.05, 0) is 29.8 Å². The van der Waals surface area contributed by atoms with E-state index in [9.17, 15) is 9.50 Å². The molecule has 3 nitrogen and oxygen atoms in total. The van der Waals surface area contributed by atoms with Gasteiger partial charge in [-0.1, -0.05) is 30.3 Å². The molecule has 0 saturated carbocycles. The van der Waals surface area contributed by atoms with E-state index in [-0.39, 0.29) is 5.75 Å². The van der Waals surface area contributed by atoms with Gasteiger partial charge in [0.25, 0.3) is 0 Å². The summed E-state index contributed by atoms with van der Waals surface area (Å²) in [6, 6.07) is 15.4. The molecule has 7 heteroatoms. The maximum atomic E-state index is 13.8. The second-order valence-corrected chi connectivity index (χ2v) is 7.22. The van der Waals surface area contributed by atoms with E-state index in [1.54, 1.807) is 17.1 Å². The predicted molar refractivity (Wildman–Crippen MR) is 92.6 cm³/mol. The number of hydrogen-bond acceptors (Lipinski definition) is 2. The maximum absolute atomic E-state index is 13.8. The molecule has 3 aromatic rings. The zero-order valence-electron chi connectivity index (χ0n) is 12.4. The Bertz CT molecular complexity index is 796. The second kappa shape index (κ2) is 9.65. The molecule has 0 atom stereocenters. The molecule has 0 radical (unpaired) electrons. The van der Waals surface area contributed by atoms with Crippen molar-refractivity contribution in [2.75, 3.05) is 0 Å². The Labute approximate surface area is 156 Å². The minimum absolute atomic E-state index is 0.0125. The SMILES string of the molecule is Oc1c(/C=N/n2cccc2)cc(F)cc1-c1ccccc1.[Cl][Ti][Cl]. The Hall–Kier alpha value is -1.59. The average Bonchev–Trinajstić information content (AvgIpc) is 3.10. The number of aromatic nitrogens is 1. The molecule has 1 N–H and O–H groups in total. The van der Waals surface area contributed by atoms with Crippen LogP contribution in [0.2, 0.25) is 0 Å². The minimum atomic E-state index is -0.556. The third-order valence-corrected chi connectivity index (χ3v) is 3.11. The molecular formula is C17H13Cl2FN2OTi. The van der Waals surface area contributed by atoms with Crippen molar-refractivity contribution >= 4 is 24.8 Å². The molecule has 0 spiro atoms.